The fraction of sp³-hybridized carbons (Fsp3) is 0.467. The first-order chi connectivity index (χ1) is 10.6. The third kappa shape index (κ3) is 3.53. The van der Waals surface area contributed by atoms with E-state index in [-0.39, 0.29) is 22.9 Å². The maximum atomic E-state index is 12.3. The SMILES string of the molecule is COCCNC(=O)[C@@H]1CS[C@H](c2ccccc2O)N1C(C)=O. The van der Waals surface area contributed by atoms with Crippen LogP contribution in [0.2, 0.25) is 0 Å². The molecule has 1 aromatic rings. The van der Waals surface area contributed by atoms with Crippen LogP contribution in [0.25, 0.3) is 0 Å². The minimum atomic E-state index is -0.538. The lowest BCUT2D eigenvalue weighted by molar-refractivity contribution is -0.138. The molecule has 0 aliphatic carbocycles. The van der Waals surface area contributed by atoms with Gasteiger partial charge in [-0.3, -0.25) is 9.59 Å². The second-order valence-electron chi connectivity index (χ2n) is 4.97. The highest BCUT2D eigenvalue weighted by Gasteiger charge is 2.41. The Bertz CT molecular complexity index is 552. The van der Waals surface area contributed by atoms with E-state index >= 15 is 0 Å². The fourth-order valence-electron chi connectivity index (χ4n) is 2.42. The molecule has 1 saturated heterocycles. The number of benzene rings is 1. The van der Waals surface area contributed by atoms with E-state index in [0.29, 0.717) is 24.5 Å². The largest absolute Gasteiger partial charge is 0.508 e. The first kappa shape index (κ1) is 16.6. The average Bonchev–Trinajstić information content (AvgIpc) is 2.93. The van der Waals surface area contributed by atoms with Crippen LogP contribution in [0, 0.1) is 0 Å². The Morgan fingerprint density at radius 3 is 2.82 bits per heavy atom. The summed E-state index contributed by atoms with van der Waals surface area (Å²) in [5.74, 6) is 0.242. The summed E-state index contributed by atoms with van der Waals surface area (Å²) in [6.07, 6.45) is 0. The van der Waals surface area contributed by atoms with Crippen LogP contribution < -0.4 is 5.32 Å². The number of para-hydroxylation sites is 1. The molecule has 0 unspecified atom stereocenters. The second-order valence-corrected chi connectivity index (χ2v) is 6.08. The molecular formula is C15H20N2O4S. The van der Waals surface area contributed by atoms with Gasteiger partial charge in [-0.15, -0.1) is 11.8 Å². The normalized spacial score (nSPS) is 20.9. The zero-order valence-electron chi connectivity index (χ0n) is 12.6. The van der Waals surface area contributed by atoms with Crippen molar-refractivity contribution < 1.29 is 19.4 Å². The van der Waals surface area contributed by atoms with Gasteiger partial charge < -0.3 is 20.1 Å². The van der Waals surface area contributed by atoms with Crippen molar-refractivity contribution in [2.45, 2.75) is 18.3 Å². The van der Waals surface area contributed by atoms with E-state index in [2.05, 4.69) is 5.32 Å². The highest BCUT2D eigenvalue weighted by Crippen LogP contribution is 2.44. The maximum Gasteiger partial charge on any atom is 0.243 e. The molecule has 7 heteroatoms. The molecule has 0 aromatic heterocycles. The number of carbonyl (C=O) groups excluding carboxylic acids is 2. The topological polar surface area (TPSA) is 78.9 Å². The lowest BCUT2D eigenvalue weighted by Gasteiger charge is -2.28. The second kappa shape index (κ2) is 7.51. The van der Waals surface area contributed by atoms with Crippen LogP contribution in [0.5, 0.6) is 5.75 Å². The van der Waals surface area contributed by atoms with Crippen molar-refractivity contribution in [3.8, 4) is 5.75 Å². The van der Waals surface area contributed by atoms with Crippen LogP contribution in [-0.2, 0) is 14.3 Å². The molecule has 120 valence electrons. The first-order valence-electron chi connectivity index (χ1n) is 7.01. The number of aromatic hydroxyl groups is 1. The third-order valence-electron chi connectivity index (χ3n) is 3.47. The molecular weight excluding hydrogens is 304 g/mol. The molecule has 1 heterocycles. The summed E-state index contributed by atoms with van der Waals surface area (Å²) in [7, 11) is 1.56. The number of hydrogen-bond acceptors (Lipinski definition) is 5. The van der Waals surface area contributed by atoms with Gasteiger partial charge in [0.05, 0.1) is 6.61 Å². The number of phenols is 1. The summed E-state index contributed by atoms with van der Waals surface area (Å²) in [6.45, 7) is 2.27. The highest BCUT2D eigenvalue weighted by molar-refractivity contribution is 7.99. The van der Waals surface area contributed by atoms with Crippen molar-refractivity contribution >= 4 is 23.6 Å². The van der Waals surface area contributed by atoms with Gasteiger partial charge in [-0.25, -0.2) is 0 Å². The molecule has 1 fully saturated rings. The number of carbonyl (C=O) groups is 2. The van der Waals surface area contributed by atoms with Gasteiger partial charge in [0.25, 0.3) is 0 Å². The van der Waals surface area contributed by atoms with Gasteiger partial charge in [0, 0.05) is 31.9 Å². The van der Waals surface area contributed by atoms with Crippen molar-refractivity contribution in [3.63, 3.8) is 0 Å². The standard InChI is InChI=1S/C15H20N2O4S/c1-10(18)17-12(14(20)16-7-8-21-2)9-22-15(17)11-5-3-4-6-13(11)19/h3-6,12,15,19H,7-9H2,1-2H3,(H,16,20)/t12-,15+/m0/s1. The molecule has 2 atom stereocenters. The van der Waals surface area contributed by atoms with Crippen LogP contribution in [0.3, 0.4) is 0 Å². The molecule has 0 spiro atoms. The molecule has 1 aliphatic heterocycles. The Balaban J connectivity index is 2.16. The monoisotopic (exact) mass is 324 g/mol. The number of hydrogen-bond donors (Lipinski definition) is 2. The van der Waals surface area contributed by atoms with Crippen molar-refractivity contribution in [2.24, 2.45) is 0 Å². The average molecular weight is 324 g/mol. The molecule has 0 saturated carbocycles. The van der Waals surface area contributed by atoms with E-state index in [1.165, 1.54) is 23.6 Å². The zero-order chi connectivity index (χ0) is 16.1. The fourth-order valence-corrected chi connectivity index (χ4v) is 3.93. The van der Waals surface area contributed by atoms with E-state index in [1.807, 2.05) is 0 Å². The predicted octanol–water partition coefficient (Wildman–Crippen LogP) is 1.12. The quantitative estimate of drug-likeness (QED) is 0.794. The summed E-state index contributed by atoms with van der Waals surface area (Å²) in [4.78, 5) is 25.8. The van der Waals surface area contributed by atoms with Crippen LogP contribution >= 0.6 is 11.8 Å². The van der Waals surface area contributed by atoms with Gasteiger partial charge in [0.2, 0.25) is 11.8 Å². The van der Waals surface area contributed by atoms with Crippen molar-refractivity contribution in [3.05, 3.63) is 29.8 Å². The number of nitrogens with one attached hydrogen (secondary N) is 1. The Morgan fingerprint density at radius 1 is 1.45 bits per heavy atom. The molecule has 0 bridgehead atoms. The van der Waals surface area contributed by atoms with Crippen molar-refractivity contribution in [1.82, 2.24) is 10.2 Å². The predicted molar refractivity (Wildman–Crippen MR) is 84.5 cm³/mol. The Morgan fingerprint density at radius 2 is 2.18 bits per heavy atom. The summed E-state index contributed by atoms with van der Waals surface area (Å²) in [6, 6.07) is 6.35. The van der Waals surface area contributed by atoms with Crippen LogP contribution in [-0.4, -0.2) is 53.9 Å². The summed E-state index contributed by atoms with van der Waals surface area (Å²) < 4.78 is 4.90. The molecule has 1 aliphatic rings. The van der Waals surface area contributed by atoms with Crippen molar-refractivity contribution in [2.75, 3.05) is 26.0 Å². The number of ether oxygens (including phenoxy) is 1. The Labute approximate surface area is 133 Å². The summed E-state index contributed by atoms with van der Waals surface area (Å²) >= 11 is 1.47. The smallest absolute Gasteiger partial charge is 0.243 e. The van der Waals surface area contributed by atoms with Gasteiger partial charge >= 0.3 is 0 Å². The number of phenolic OH excluding ortho intramolecular Hbond substituents is 1. The summed E-state index contributed by atoms with van der Waals surface area (Å²) in [5, 5.41) is 12.4. The van der Waals surface area contributed by atoms with Gasteiger partial charge in [-0.1, -0.05) is 18.2 Å². The maximum absolute atomic E-state index is 12.3. The minimum Gasteiger partial charge on any atom is -0.508 e. The molecule has 2 N–H and O–H groups in total. The van der Waals surface area contributed by atoms with Gasteiger partial charge in [0.1, 0.15) is 17.2 Å². The summed E-state index contributed by atoms with van der Waals surface area (Å²) in [5.41, 5.74) is 0.648. The lowest BCUT2D eigenvalue weighted by atomic mass is 10.1. The highest BCUT2D eigenvalue weighted by atomic mass is 32.2. The number of amides is 2. The number of nitrogens with zero attached hydrogens (tertiary/aromatic N) is 1. The molecule has 2 rings (SSSR count). The number of methoxy groups -OCH3 is 1. The molecule has 6 nitrogen and oxygen atoms in total. The van der Waals surface area contributed by atoms with E-state index in [0.717, 1.165) is 0 Å². The van der Waals surface area contributed by atoms with Crippen LogP contribution in [0.4, 0.5) is 0 Å². The third-order valence-corrected chi connectivity index (χ3v) is 4.78. The van der Waals surface area contributed by atoms with Gasteiger partial charge in [-0.2, -0.15) is 0 Å². The van der Waals surface area contributed by atoms with Crippen LogP contribution in [0.15, 0.2) is 24.3 Å². The van der Waals surface area contributed by atoms with E-state index in [4.69, 9.17) is 4.74 Å². The molecule has 22 heavy (non-hydrogen) atoms. The Kier molecular flexibility index (Phi) is 5.68. The van der Waals surface area contributed by atoms with Gasteiger partial charge in [0.15, 0.2) is 0 Å². The number of thioether (sulfide) groups is 1. The van der Waals surface area contributed by atoms with Gasteiger partial charge in [-0.05, 0) is 6.07 Å². The number of rotatable bonds is 5. The van der Waals surface area contributed by atoms with Crippen LogP contribution in [0.1, 0.15) is 17.9 Å². The van der Waals surface area contributed by atoms with Crippen molar-refractivity contribution in [1.29, 1.82) is 0 Å². The Hall–Kier alpha value is -1.73. The molecule has 1 aromatic carbocycles. The van der Waals surface area contributed by atoms with E-state index in [1.54, 1.807) is 31.4 Å². The zero-order valence-corrected chi connectivity index (χ0v) is 13.4. The molecule has 0 radical (unpaired) electrons. The minimum absolute atomic E-state index is 0.131. The van der Waals surface area contributed by atoms with E-state index in [9.17, 15) is 14.7 Å². The van der Waals surface area contributed by atoms with E-state index < -0.39 is 6.04 Å². The molecule has 2 amide bonds. The first-order valence-corrected chi connectivity index (χ1v) is 8.06. The lowest BCUT2D eigenvalue weighted by Crippen LogP contribution is -2.47.